The average molecular weight is 361 g/mol. The molecule has 0 aromatic heterocycles. The smallest absolute Gasteiger partial charge is 0.261 e. The first-order valence-electron chi connectivity index (χ1n) is 8.15. The van der Waals surface area contributed by atoms with E-state index < -0.39 is 10.0 Å². The number of amides is 1. The fourth-order valence-electron chi connectivity index (χ4n) is 2.20. The van der Waals surface area contributed by atoms with Crippen molar-refractivity contribution >= 4 is 33.0 Å². The van der Waals surface area contributed by atoms with E-state index in [-0.39, 0.29) is 10.8 Å². The molecular formula is C18H23N3O3S. The second-order valence-electron chi connectivity index (χ2n) is 5.67. The molecule has 0 aliphatic heterocycles. The van der Waals surface area contributed by atoms with Gasteiger partial charge in [-0.25, -0.2) is 8.42 Å². The van der Waals surface area contributed by atoms with Crippen molar-refractivity contribution in [3.05, 3.63) is 48.5 Å². The van der Waals surface area contributed by atoms with Crippen LogP contribution in [0.4, 0.5) is 17.1 Å². The van der Waals surface area contributed by atoms with Gasteiger partial charge in [0.2, 0.25) is 5.91 Å². The van der Waals surface area contributed by atoms with E-state index in [2.05, 4.69) is 22.3 Å². The highest BCUT2D eigenvalue weighted by atomic mass is 32.2. The van der Waals surface area contributed by atoms with E-state index in [4.69, 9.17) is 0 Å². The van der Waals surface area contributed by atoms with Crippen molar-refractivity contribution in [1.82, 2.24) is 0 Å². The third kappa shape index (κ3) is 5.79. The molecule has 7 heteroatoms. The number of hydrogen-bond acceptors (Lipinski definition) is 4. The van der Waals surface area contributed by atoms with Gasteiger partial charge in [0.15, 0.2) is 0 Å². The molecule has 0 radical (unpaired) electrons. The first-order valence-corrected chi connectivity index (χ1v) is 9.63. The summed E-state index contributed by atoms with van der Waals surface area (Å²) in [5.74, 6) is -0.207. The lowest BCUT2D eigenvalue weighted by Gasteiger charge is -2.10. The summed E-state index contributed by atoms with van der Waals surface area (Å²) >= 11 is 0. The maximum atomic E-state index is 12.4. The Balaban J connectivity index is 2.03. The standard InChI is InChI=1S/C18H23N3O3S/c1-3-4-13-19-15-5-7-17(8-6-15)21-25(23,24)18-11-9-16(10-12-18)20-14(2)22/h5-12,19,21H,3-4,13H2,1-2H3,(H,20,22). The zero-order valence-electron chi connectivity index (χ0n) is 14.4. The van der Waals surface area contributed by atoms with Crippen molar-refractivity contribution in [2.45, 2.75) is 31.6 Å². The third-order valence-corrected chi connectivity index (χ3v) is 4.88. The summed E-state index contributed by atoms with van der Waals surface area (Å²) in [6.07, 6.45) is 2.20. The Labute approximate surface area is 148 Å². The van der Waals surface area contributed by atoms with Crippen molar-refractivity contribution in [3.63, 3.8) is 0 Å². The number of benzene rings is 2. The highest BCUT2D eigenvalue weighted by molar-refractivity contribution is 7.92. The first kappa shape index (κ1) is 18.8. The number of hydrogen-bond donors (Lipinski definition) is 3. The van der Waals surface area contributed by atoms with Gasteiger partial charge in [0, 0.05) is 30.5 Å². The zero-order chi connectivity index (χ0) is 18.3. The Morgan fingerprint density at radius 1 is 0.920 bits per heavy atom. The summed E-state index contributed by atoms with van der Waals surface area (Å²) in [6.45, 7) is 4.41. The minimum atomic E-state index is -3.68. The first-order chi connectivity index (χ1) is 11.9. The van der Waals surface area contributed by atoms with E-state index in [9.17, 15) is 13.2 Å². The van der Waals surface area contributed by atoms with Crippen LogP contribution in [0.2, 0.25) is 0 Å². The normalized spacial score (nSPS) is 11.0. The lowest BCUT2D eigenvalue weighted by molar-refractivity contribution is -0.114. The molecule has 2 aromatic rings. The number of unbranched alkanes of at least 4 members (excludes halogenated alkanes) is 1. The molecular weight excluding hydrogens is 338 g/mol. The topological polar surface area (TPSA) is 87.3 Å². The average Bonchev–Trinajstić information content (AvgIpc) is 2.56. The number of sulfonamides is 1. The molecule has 3 N–H and O–H groups in total. The molecule has 0 saturated heterocycles. The Kier molecular flexibility index (Phi) is 6.41. The summed E-state index contributed by atoms with van der Waals surface area (Å²) in [5, 5.41) is 5.88. The van der Waals surface area contributed by atoms with Gasteiger partial charge >= 0.3 is 0 Å². The SMILES string of the molecule is CCCCNc1ccc(NS(=O)(=O)c2ccc(NC(C)=O)cc2)cc1. The third-order valence-electron chi connectivity index (χ3n) is 3.48. The van der Waals surface area contributed by atoms with Gasteiger partial charge < -0.3 is 10.6 Å². The highest BCUT2D eigenvalue weighted by Gasteiger charge is 2.14. The Morgan fingerprint density at radius 2 is 1.48 bits per heavy atom. The molecule has 0 atom stereocenters. The van der Waals surface area contributed by atoms with E-state index in [1.165, 1.54) is 19.1 Å². The van der Waals surface area contributed by atoms with Crippen LogP contribution in [0.1, 0.15) is 26.7 Å². The van der Waals surface area contributed by atoms with E-state index in [0.717, 1.165) is 25.1 Å². The van der Waals surface area contributed by atoms with E-state index >= 15 is 0 Å². The number of carbonyl (C=O) groups excluding carboxylic acids is 1. The predicted octanol–water partition coefficient (Wildman–Crippen LogP) is 3.66. The van der Waals surface area contributed by atoms with E-state index in [1.54, 1.807) is 24.3 Å². The van der Waals surface area contributed by atoms with Crippen LogP contribution < -0.4 is 15.4 Å². The van der Waals surface area contributed by atoms with Gasteiger partial charge in [-0.3, -0.25) is 9.52 Å². The van der Waals surface area contributed by atoms with Crippen LogP contribution in [-0.4, -0.2) is 20.9 Å². The van der Waals surface area contributed by atoms with Crippen molar-refractivity contribution in [1.29, 1.82) is 0 Å². The van der Waals surface area contributed by atoms with Gasteiger partial charge in [0.05, 0.1) is 4.90 Å². The maximum absolute atomic E-state index is 12.4. The van der Waals surface area contributed by atoms with E-state index in [1.807, 2.05) is 12.1 Å². The van der Waals surface area contributed by atoms with Gasteiger partial charge in [-0.15, -0.1) is 0 Å². The van der Waals surface area contributed by atoms with Crippen LogP contribution in [0.3, 0.4) is 0 Å². The molecule has 0 aliphatic rings. The van der Waals surface area contributed by atoms with Crippen LogP contribution >= 0.6 is 0 Å². The van der Waals surface area contributed by atoms with Gasteiger partial charge in [0.1, 0.15) is 0 Å². The molecule has 0 spiro atoms. The summed E-state index contributed by atoms with van der Waals surface area (Å²) in [7, 11) is -3.68. The Hall–Kier alpha value is -2.54. The molecule has 134 valence electrons. The van der Waals surface area contributed by atoms with Crippen molar-refractivity contribution < 1.29 is 13.2 Å². The molecule has 2 aromatic carbocycles. The van der Waals surface area contributed by atoms with Crippen LogP contribution in [0.15, 0.2) is 53.4 Å². The highest BCUT2D eigenvalue weighted by Crippen LogP contribution is 2.20. The molecule has 0 aliphatic carbocycles. The number of nitrogens with one attached hydrogen (secondary N) is 3. The number of carbonyl (C=O) groups is 1. The van der Waals surface area contributed by atoms with Gasteiger partial charge in [-0.2, -0.15) is 0 Å². The quantitative estimate of drug-likeness (QED) is 0.626. The molecule has 0 bridgehead atoms. The molecule has 2 rings (SSSR count). The molecule has 25 heavy (non-hydrogen) atoms. The Bertz CT molecular complexity index is 800. The molecule has 6 nitrogen and oxygen atoms in total. The van der Waals surface area contributed by atoms with Crippen molar-refractivity contribution in [3.8, 4) is 0 Å². The predicted molar refractivity (Wildman–Crippen MR) is 101 cm³/mol. The molecule has 0 unspecified atom stereocenters. The van der Waals surface area contributed by atoms with Crippen molar-refractivity contribution in [2.24, 2.45) is 0 Å². The fraction of sp³-hybridized carbons (Fsp3) is 0.278. The molecule has 1 amide bonds. The second kappa shape index (κ2) is 8.53. The summed E-state index contributed by atoms with van der Waals surface area (Å²) in [5.41, 5.74) is 2.00. The minimum Gasteiger partial charge on any atom is -0.385 e. The van der Waals surface area contributed by atoms with Gasteiger partial charge in [-0.1, -0.05) is 13.3 Å². The Morgan fingerprint density at radius 3 is 2.04 bits per heavy atom. The summed E-state index contributed by atoms with van der Waals surface area (Å²) in [6, 6.07) is 13.1. The number of anilines is 3. The number of rotatable bonds is 8. The zero-order valence-corrected chi connectivity index (χ0v) is 15.2. The molecule has 0 fully saturated rings. The monoisotopic (exact) mass is 361 g/mol. The van der Waals surface area contributed by atoms with Gasteiger partial charge in [0.25, 0.3) is 10.0 Å². The molecule has 0 saturated carbocycles. The maximum Gasteiger partial charge on any atom is 0.261 e. The van der Waals surface area contributed by atoms with Crippen LogP contribution in [-0.2, 0) is 14.8 Å². The van der Waals surface area contributed by atoms with Crippen LogP contribution in [0.5, 0.6) is 0 Å². The minimum absolute atomic E-state index is 0.131. The lowest BCUT2D eigenvalue weighted by atomic mass is 10.2. The molecule has 0 heterocycles. The fourth-order valence-corrected chi connectivity index (χ4v) is 3.26. The van der Waals surface area contributed by atoms with Crippen molar-refractivity contribution in [2.75, 3.05) is 21.9 Å². The largest absolute Gasteiger partial charge is 0.385 e. The summed E-state index contributed by atoms with van der Waals surface area (Å²) in [4.78, 5) is 11.1. The second-order valence-corrected chi connectivity index (χ2v) is 7.35. The van der Waals surface area contributed by atoms with E-state index in [0.29, 0.717) is 11.4 Å². The van der Waals surface area contributed by atoms with Crippen LogP contribution in [0, 0.1) is 0 Å². The van der Waals surface area contributed by atoms with Gasteiger partial charge in [-0.05, 0) is 55.0 Å². The summed E-state index contributed by atoms with van der Waals surface area (Å²) < 4.78 is 27.4. The van der Waals surface area contributed by atoms with Crippen LogP contribution in [0.25, 0.3) is 0 Å². The lowest BCUT2D eigenvalue weighted by Crippen LogP contribution is -2.13.